The van der Waals surface area contributed by atoms with Gasteiger partial charge >= 0.3 is 11.9 Å². The summed E-state index contributed by atoms with van der Waals surface area (Å²) in [6.07, 6.45) is 0. The zero-order valence-corrected chi connectivity index (χ0v) is 22.7. The number of carboxylic acid groups (broad SMARTS) is 2. The van der Waals surface area contributed by atoms with Crippen molar-refractivity contribution in [3.05, 3.63) is 64.4 Å². The molecule has 1 amide bonds. The van der Waals surface area contributed by atoms with Gasteiger partial charge in [0.25, 0.3) is 0 Å². The number of nitrogens with one attached hydrogen (secondary N) is 2. The lowest BCUT2D eigenvalue weighted by molar-refractivity contribution is -0.140. The van der Waals surface area contributed by atoms with Crippen molar-refractivity contribution in [2.45, 2.75) is 4.90 Å². The molecule has 0 aliphatic carbocycles. The minimum Gasteiger partial charge on any atom is -0.480 e. The van der Waals surface area contributed by atoms with Gasteiger partial charge < -0.3 is 20.8 Å². The second-order valence-corrected chi connectivity index (χ2v) is 10.9. The first-order chi connectivity index (χ1) is 17.3. The molecule has 2 aromatic carbocycles. The molecule has 12 nitrogen and oxygen atoms in total. The van der Waals surface area contributed by atoms with E-state index in [1.54, 1.807) is 12.1 Å². The summed E-state index contributed by atoms with van der Waals surface area (Å²) in [5, 5.41) is 29.3. The maximum Gasteiger partial charge on any atom is 0.317 e. The van der Waals surface area contributed by atoms with Crippen LogP contribution < -0.4 is 15.8 Å². The van der Waals surface area contributed by atoms with Crippen molar-refractivity contribution < 1.29 is 33.0 Å². The van der Waals surface area contributed by atoms with Crippen molar-refractivity contribution >= 4 is 61.8 Å². The number of carbonyl (C=O) groups excluding carboxylic acids is 1. The Balaban J connectivity index is 1.98. The van der Waals surface area contributed by atoms with E-state index in [2.05, 4.69) is 39.8 Å². The number of anilines is 2. The van der Waals surface area contributed by atoms with Crippen LogP contribution in [-0.4, -0.2) is 85.5 Å². The van der Waals surface area contributed by atoms with Crippen LogP contribution in [0.1, 0.15) is 0 Å². The third-order valence-electron chi connectivity index (χ3n) is 4.86. The number of primary sulfonamides is 1. The smallest absolute Gasteiger partial charge is 0.317 e. The van der Waals surface area contributed by atoms with Gasteiger partial charge in [-0.1, -0.05) is 6.58 Å². The molecular formula is C23H28IN5O7S. The average Bonchev–Trinajstić information content (AvgIpc) is 2.77. The van der Waals surface area contributed by atoms with Crippen LogP contribution in [-0.2, 0) is 24.4 Å². The lowest BCUT2D eigenvalue weighted by Crippen LogP contribution is -2.43. The number of nitrogens with zero attached hydrogens (tertiary/aromatic N) is 2. The van der Waals surface area contributed by atoms with Crippen molar-refractivity contribution in [1.29, 1.82) is 0 Å². The number of halogens is 1. The molecule has 0 aliphatic rings. The van der Waals surface area contributed by atoms with Crippen LogP contribution in [0, 0.1) is 3.57 Å². The number of sulfonamides is 1. The van der Waals surface area contributed by atoms with E-state index in [0.29, 0.717) is 17.1 Å². The molecule has 2 rings (SSSR count). The Morgan fingerprint density at radius 1 is 0.811 bits per heavy atom. The molecule has 0 saturated heterocycles. The normalized spacial score (nSPS) is 11.4. The van der Waals surface area contributed by atoms with Crippen molar-refractivity contribution in [3.63, 3.8) is 0 Å². The second-order valence-electron chi connectivity index (χ2n) is 8.06. The summed E-state index contributed by atoms with van der Waals surface area (Å²) in [5.41, 5.74) is 1.52. The molecule has 0 atom stereocenters. The fraction of sp³-hybridized carbons (Fsp3) is 0.261. The Kier molecular flexibility index (Phi) is 11.4. The number of hydrogen-bond donors (Lipinski definition) is 5. The predicted octanol–water partition coefficient (Wildman–Crippen LogP) is 1.28. The van der Waals surface area contributed by atoms with Crippen molar-refractivity contribution in [2.24, 2.45) is 5.14 Å². The van der Waals surface area contributed by atoms with Crippen LogP contribution in [0.15, 0.2) is 65.7 Å². The van der Waals surface area contributed by atoms with Gasteiger partial charge in [0.15, 0.2) is 0 Å². The van der Waals surface area contributed by atoms with Crippen LogP contribution >= 0.6 is 22.6 Å². The predicted molar refractivity (Wildman–Crippen MR) is 147 cm³/mol. The third-order valence-corrected chi connectivity index (χ3v) is 6.51. The molecule has 200 valence electrons. The van der Waals surface area contributed by atoms with Gasteiger partial charge in [-0.15, -0.1) is 0 Å². The number of carbonyl (C=O) groups is 3. The summed E-state index contributed by atoms with van der Waals surface area (Å²) in [6, 6.07) is 12.7. The molecule has 0 fully saturated rings. The average molecular weight is 645 g/mol. The highest BCUT2D eigenvalue weighted by atomic mass is 127. The van der Waals surface area contributed by atoms with E-state index in [0.717, 1.165) is 3.57 Å². The molecule has 6 N–H and O–H groups in total. The minimum atomic E-state index is -3.83. The first kappa shape index (κ1) is 30.2. The van der Waals surface area contributed by atoms with E-state index in [4.69, 9.17) is 5.14 Å². The van der Waals surface area contributed by atoms with E-state index < -0.39 is 34.4 Å². The molecule has 0 unspecified atom stereocenters. The number of nitrogens with two attached hydrogens (primary N) is 1. The maximum absolute atomic E-state index is 12.5. The zero-order chi connectivity index (χ0) is 27.6. The van der Waals surface area contributed by atoms with E-state index >= 15 is 0 Å². The van der Waals surface area contributed by atoms with Gasteiger partial charge in [-0.3, -0.25) is 24.2 Å². The highest BCUT2D eigenvalue weighted by molar-refractivity contribution is 14.1. The number of hydrogen-bond acceptors (Lipinski definition) is 8. The second kappa shape index (κ2) is 14.0. The minimum absolute atomic E-state index is 0.0549. The van der Waals surface area contributed by atoms with E-state index in [9.17, 15) is 33.0 Å². The van der Waals surface area contributed by atoms with Crippen LogP contribution in [0.5, 0.6) is 0 Å². The number of benzene rings is 2. The number of rotatable bonds is 15. The molecule has 14 heteroatoms. The van der Waals surface area contributed by atoms with Crippen LogP contribution in [0.2, 0.25) is 0 Å². The van der Waals surface area contributed by atoms with E-state index in [-0.39, 0.29) is 37.6 Å². The third kappa shape index (κ3) is 11.7. The molecule has 37 heavy (non-hydrogen) atoms. The first-order valence-corrected chi connectivity index (χ1v) is 13.5. The van der Waals surface area contributed by atoms with Gasteiger partial charge in [-0.25, -0.2) is 13.6 Å². The summed E-state index contributed by atoms with van der Waals surface area (Å²) in [7, 11) is -3.83. The Hall–Kier alpha value is -3.05. The SMILES string of the molecule is C=C(CN(CCN(CC(=O)O)CC(=O)Nc1ccc(I)cc1)CC(=O)O)Nc1ccc(S(N)(=O)=O)cc1. The highest BCUT2D eigenvalue weighted by Gasteiger charge is 2.18. The number of amides is 1. The molecule has 0 radical (unpaired) electrons. The van der Waals surface area contributed by atoms with Gasteiger partial charge in [0.1, 0.15) is 0 Å². The van der Waals surface area contributed by atoms with Crippen LogP contribution in [0.25, 0.3) is 0 Å². The molecule has 0 heterocycles. The zero-order valence-electron chi connectivity index (χ0n) is 19.8. The van der Waals surface area contributed by atoms with E-state index in [1.165, 1.54) is 34.1 Å². The molecule has 0 saturated carbocycles. The lowest BCUT2D eigenvalue weighted by atomic mass is 10.3. The van der Waals surface area contributed by atoms with Crippen molar-refractivity contribution in [1.82, 2.24) is 9.80 Å². The first-order valence-electron chi connectivity index (χ1n) is 10.8. The van der Waals surface area contributed by atoms with Crippen LogP contribution in [0.4, 0.5) is 11.4 Å². The van der Waals surface area contributed by atoms with Gasteiger partial charge in [0.2, 0.25) is 15.9 Å². The summed E-state index contributed by atoms with van der Waals surface area (Å²) in [4.78, 5) is 38.0. The van der Waals surface area contributed by atoms with Gasteiger partial charge in [-0.2, -0.15) is 0 Å². The Morgan fingerprint density at radius 2 is 1.27 bits per heavy atom. The number of aliphatic carboxylic acids is 2. The molecule has 2 aromatic rings. The quantitative estimate of drug-likeness (QED) is 0.177. The summed E-state index contributed by atoms with van der Waals surface area (Å²) in [6.45, 7) is 3.28. The Labute approximate surface area is 228 Å². The standard InChI is InChI=1S/C23H28IN5O7S/c1-16(26-18-6-8-20(9-7-18)37(25,35)36)12-28(14-22(31)32)10-11-29(15-23(33)34)13-21(30)27-19-4-2-17(24)3-5-19/h2-9,26H,1,10-15H2,(H,27,30)(H,31,32)(H,33,34)(H2,25,35,36). The molecular weight excluding hydrogens is 617 g/mol. The fourth-order valence-electron chi connectivity index (χ4n) is 3.27. The lowest BCUT2D eigenvalue weighted by Gasteiger charge is -2.26. The Morgan fingerprint density at radius 3 is 1.76 bits per heavy atom. The monoisotopic (exact) mass is 645 g/mol. The summed E-state index contributed by atoms with van der Waals surface area (Å²) in [5.74, 6) is -2.62. The highest BCUT2D eigenvalue weighted by Crippen LogP contribution is 2.15. The largest absolute Gasteiger partial charge is 0.480 e. The maximum atomic E-state index is 12.5. The van der Waals surface area contributed by atoms with Gasteiger partial charge in [-0.05, 0) is 71.1 Å². The topological polar surface area (TPSA) is 182 Å². The molecule has 0 bridgehead atoms. The number of carboxylic acids is 2. The van der Waals surface area contributed by atoms with Gasteiger partial charge in [0.05, 0.1) is 24.5 Å². The Bertz CT molecular complexity index is 1220. The molecule has 0 aromatic heterocycles. The molecule has 0 aliphatic heterocycles. The summed E-state index contributed by atoms with van der Waals surface area (Å²) < 4.78 is 23.8. The molecule has 0 spiro atoms. The van der Waals surface area contributed by atoms with Crippen LogP contribution in [0.3, 0.4) is 0 Å². The van der Waals surface area contributed by atoms with E-state index in [1.807, 2.05) is 12.1 Å². The fourth-order valence-corrected chi connectivity index (χ4v) is 4.15. The summed E-state index contributed by atoms with van der Waals surface area (Å²) >= 11 is 2.14. The van der Waals surface area contributed by atoms with Crippen molar-refractivity contribution in [3.8, 4) is 0 Å². The van der Waals surface area contributed by atoms with Crippen molar-refractivity contribution in [2.75, 3.05) is 49.9 Å². The van der Waals surface area contributed by atoms with Gasteiger partial charge in [0, 0.05) is 40.3 Å².